The molecule has 2 fully saturated rings. The third-order valence-corrected chi connectivity index (χ3v) is 5.14. The molecule has 2 heterocycles. The molecule has 0 radical (unpaired) electrons. The first-order valence-electron chi connectivity index (χ1n) is 10.1. The Bertz CT molecular complexity index is 460. The summed E-state index contributed by atoms with van der Waals surface area (Å²) in [7, 11) is 5.58. The lowest BCUT2D eigenvalue weighted by molar-refractivity contribution is -0.127. The van der Waals surface area contributed by atoms with Gasteiger partial charge in [-0.1, -0.05) is 0 Å². The van der Waals surface area contributed by atoms with Gasteiger partial charge in [0.1, 0.15) is 6.54 Å². The van der Waals surface area contributed by atoms with E-state index >= 15 is 0 Å². The fourth-order valence-corrected chi connectivity index (χ4v) is 3.33. The first-order chi connectivity index (χ1) is 13.1. The van der Waals surface area contributed by atoms with Crippen LogP contribution in [0.3, 0.4) is 0 Å². The molecule has 0 spiro atoms. The SMILES string of the molecule is CN(C)C(=O)CN=C(NCCCN1CCOCC1)N(C)CC1CCOCC1. The van der Waals surface area contributed by atoms with Gasteiger partial charge in [-0.05, 0) is 31.7 Å². The molecule has 1 N–H and O–H groups in total. The Kier molecular flexibility index (Phi) is 9.86. The molecule has 156 valence electrons. The fourth-order valence-electron chi connectivity index (χ4n) is 3.33. The van der Waals surface area contributed by atoms with Crippen LogP contribution in [-0.2, 0) is 14.3 Å². The van der Waals surface area contributed by atoms with Crippen LogP contribution in [0, 0.1) is 5.92 Å². The molecule has 0 aromatic heterocycles. The van der Waals surface area contributed by atoms with Crippen LogP contribution < -0.4 is 5.32 Å². The van der Waals surface area contributed by atoms with Crippen LogP contribution in [-0.4, -0.2) is 113 Å². The number of hydrogen-bond donors (Lipinski definition) is 1. The molecule has 8 nitrogen and oxygen atoms in total. The normalized spacial score (nSPS) is 19.7. The van der Waals surface area contributed by atoms with E-state index in [1.54, 1.807) is 19.0 Å². The van der Waals surface area contributed by atoms with Crippen molar-refractivity contribution in [1.29, 1.82) is 0 Å². The van der Waals surface area contributed by atoms with E-state index in [0.717, 1.165) is 84.4 Å². The Morgan fingerprint density at radius 2 is 1.78 bits per heavy atom. The monoisotopic (exact) mass is 383 g/mol. The molecule has 2 saturated heterocycles. The van der Waals surface area contributed by atoms with Crippen molar-refractivity contribution in [2.24, 2.45) is 10.9 Å². The number of carbonyl (C=O) groups excluding carboxylic acids is 1. The zero-order chi connectivity index (χ0) is 19.5. The van der Waals surface area contributed by atoms with Gasteiger partial charge in [0.15, 0.2) is 5.96 Å². The third-order valence-electron chi connectivity index (χ3n) is 5.14. The molecule has 2 rings (SSSR count). The van der Waals surface area contributed by atoms with Gasteiger partial charge in [0.2, 0.25) is 5.91 Å². The summed E-state index contributed by atoms with van der Waals surface area (Å²) in [5, 5.41) is 3.46. The Hall–Kier alpha value is -1.38. The molecule has 2 aliphatic rings. The van der Waals surface area contributed by atoms with Gasteiger partial charge >= 0.3 is 0 Å². The summed E-state index contributed by atoms with van der Waals surface area (Å²) < 4.78 is 10.8. The van der Waals surface area contributed by atoms with Gasteiger partial charge < -0.3 is 24.6 Å². The number of likely N-dealkylation sites (N-methyl/N-ethyl adjacent to an activating group) is 1. The zero-order valence-corrected chi connectivity index (χ0v) is 17.3. The molecular weight excluding hydrogens is 346 g/mol. The third kappa shape index (κ3) is 8.45. The van der Waals surface area contributed by atoms with Gasteiger partial charge in [0.05, 0.1) is 13.2 Å². The van der Waals surface area contributed by atoms with Crippen LogP contribution >= 0.6 is 0 Å². The van der Waals surface area contributed by atoms with E-state index in [9.17, 15) is 4.79 Å². The van der Waals surface area contributed by atoms with Gasteiger partial charge in [-0.15, -0.1) is 0 Å². The maximum Gasteiger partial charge on any atom is 0.243 e. The number of aliphatic imine (C=N–C) groups is 1. The fraction of sp³-hybridized carbons (Fsp3) is 0.895. The lowest BCUT2D eigenvalue weighted by Crippen LogP contribution is -2.44. The number of guanidine groups is 1. The molecule has 0 bridgehead atoms. The van der Waals surface area contributed by atoms with E-state index in [-0.39, 0.29) is 12.5 Å². The van der Waals surface area contributed by atoms with E-state index in [1.165, 1.54) is 0 Å². The number of morpholine rings is 1. The molecule has 27 heavy (non-hydrogen) atoms. The molecule has 0 saturated carbocycles. The maximum atomic E-state index is 11.9. The van der Waals surface area contributed by atoms with Crippen LogP contribution in [0.2, 0.25) is 0 Å². The van der Waals surface area contributed by atoms with Crippen molar-refractivity contribution >= 4 is 11.9 Å². The van der Waals surface area contributed by atoms with Crippen molar-refractivity contribution in [3.63, 3.8) is 0 Å². The van der Waals surface area contributed by atoms with Gasteiger partial charge in [-0.3, -0.25) is 9.69 Å². The van der Waals surface area contributed by atoms with Crippen molar-refractivity contribution in [2.45, 2.75) is 19.3 Å². The maximum absolute atomic E-state index is 11.9. The summed E-state index contributed by atoms with van der Waals surface area (Å²) in [6.45, 7) is 8.42. The minimum atomic E-state index is 0.0158. The largest absolute Gasteiger partial charge is 0.381 e. The first kappa shape index (κ1) is 21.9. The van der Waals surface area contributed by atoms with Gasteiger partial charge in [-0.25, -0.2) is 4.99 Å². The second kappa shape index (κ2) is 12.2. The van der Waals surface area contributed by atoms with E-state index in [0.29, 0.717) is 5.92 Å². The summed E-state index contributed by atoms with van der Waals surface area (Å²) in [6.07, 6.45) is 3.22. The Morgan fingerprint density at radius 3 is 2.44 bits per heavy atom. The van der Waals surface area contributed by atoms with E-state index in [4.69, 9.17) is 9.47 Å². The van der Waals surface area contributed by atoms with Crippen molar-refractivity contribution in [3.05, 3.63) is 0 Å². The number of nitrogens with zero attached hydrogens (tertiary/aromatic N) is 4. The standard InChI is InChI=1S/C19H37N5O3/c1-22(2)18(25)15-21-19(23(3)16-17-5-11-26-12-6-17)20-7-4-8-24-9-13-27-14-10-24/h17H,4-16H2,1-3H3,(H,20,21). The van der Waals surface area contributed by atoms with Gasteiger partial charge in [0, 0.05) is 60.5 Å². The summed E-state index contributed by atoms with van der Waals surface area (Å²) in [5.74, 6) is 1.45. The first-order valence-corrected chi connectivity index (χ1v) is 10.1. The number of rotatable bonds is 8. The topological polar surface area (TPSA) is 69.6 Å². The molecule has 2 aliphatic heterocycles. The van der Waals surface area contributed by atoms with Crippen LogP contribution in [0.1, 0.15) is 19.3 Å². The molecule has 1 amide bonds. The summed E-state index contributed by atoms with van der Waals surface area (Å²) in [6, 6.07) is 0. The summed E-state index contributed by atoms with van der Waals surface area (Å²) >= 11 is 0. The highest BCUT2D eigenvalue weighted by Gasteiger charge is 2.18. The highest BCUT2D eigenvalue weighted by molar-refractivity contribution is 5.84. The molecule has 0 unspecified atom stereocenters. The predicted octanol–water partition coefficient (Wildman–Crippen LogP) is 0.101. The minimum absolute atomic E-state index is 0.0158. The molecule has 0 aromatic carbocycles. The Balaban J connectivity index is 1.81. The molecule has 0 atom stereocenters. The van der Waals surface area contributed by atoms with Crippen molar-refractivity contribution in [2.75, 3.05) is 86.8 Å². The lowest BCUT2D eigenvalue weighted by atomic mass is 10.00. The highest BCUT2D eigenvalue weighted by Crippen LogP contribution is 2.15. The van der Waals surface area contributed by atoms with Crippen molar-refractivity contribution in [1.82, 2.24) is 20.0 Å². The number of amides is 1. The van der Waals surface area contributed by atoms with Gasteiger partial charge in [0.25, 0.3) is 0 Å². The van der Waals surface area contributed by atoms with E-state index in [2.05, 4.69) is 27.2 Å². The molecule has 8 heteroatoms. The van der Waals surface area contributed by atoms with Crippen LogP contribution in [0.5, 0.6) is 0 Å². The molecule has 0 aliphatic carbocycles. The smallest absolute Gasteiger partial charge is 0.243 e. The number of ether oxygens (including phenoxy) is 2. The lowest BCUT2D eigenvalue weighted by Gasteiger charge is -2.30. The Labute approximate surface area is 163 Å². The van der Waals surface area contributed by atoms with E-state index in [1.807, 2.05) is 0 Å². The number of carbonyl (C=O) groups is 1. The van der Waals surface area contributed by atoms with Crippen LogP contribution in [0.25, 0.3) is 0 Å². The predicted molar refractivity (Wildman–Crippen MR) is 107 cm³/mol. The zero-order valence-electron chi connectivity index (χ0n) is 17.3. The average Bonchev–Trinajstić information content (AvgIpc) is 2.68. The van der Waals surface area contributed by atoms with Crippen molar-refractivity contribution in [3.8, 4) is 0 Å². The second-order valence-corrected chi connectivity index (χ2v) is 7.60. The summed E-state index contributed by atoms with van der Waals surface area (Å²) in [4.78, 5) is 22.7. The van der Waals surface area contributed by atoms with Crippen LogP contribution in [0.4, 0.5) is 0 Å². The highest BCUT2D eigenvalue weighted by atomic mass is 16.5. The van der Waals surface area contributed by atoms with Crippen LogP contribution in [0.15, 0.2) is 4.99 Å². The number of nitrogens with one attached hydrogen (secondary N) is 1. The van der Waals surface area contributed by atoms with E-state index < -0.39 is 0 Å². The molecular formula is C19H37N5O3. The summed E-state index contributed by atoms with van der Waals surface area (Å²) in [5.41, 5.74) is 0. The Morgan fingerprint density at radius 1 is 1.11 bits per heavy atom. The quantitative estimate of drug-likeness (QED) is 0.364. The number of hydrogen-bond acceptors (Lipinski definition) is 5. The van der Waals surface area contributed by atoms with Gasteiger partial charge in [-0.2, -0.15) is 0 Å². The second-order valence-electron chi connectivity index (χ2n) is 7.60. The molecule has 0 aromatic rings. The van der Waals surface area contributed by atoms with Crippen molar-refractivity contribution < 1.29 is 14.3 Å². The average molecular weight is 384 g/mol. The minimum Gasteiger partial charge on any atom is -0.381 e.